The van der Waals surface area contributed by atoms with Gasteiger partial charge in [-0.25, -0.2) is 9.97 Å². The van der Waals surface area contributed by atoms with Crippen LogP contribution in [0.3, 0.4) is 0 Å². The van der Waals surface area contributed by atoms with Crippen molar-refractivity contribution in [3.05, 3.63) is 47.9 Å². The first-order chi connectivity index (χ1) is 12.6. The number of hydrogen-bond donors (Lipinski definition) is 3. The molecule has 9 heteroatoms. The fraction of sp³-hybridized carbons (Fsp3) is 0.294. The number of ether oxygens (including phenoxy) is 1. The molecule has 4 N–H and O–H groups in total. The Morgan fingerprint density at radius 3 is 2.65 bits per heavy atom. The highest BCUT2D eigenvalue weighted by molar-refractivity contribution is 6.00. The first kappa shape index (κ1) is 17.6. The van der Waals surface area contributed by atoms with Crippen molar-refractivity contribution in [2.45, 2.75) is 19.0 Å². The molecule has 0 fully saturated rings. The minimum absolute atomic E-state index is 0.0587. The molecule has 0 saturated heterocycles. The summed E-state index contributed by atoms with van der Waals surface area (Å²) in [5.74, 6) is 0.0587. The monoisotopic (exact) mass is 355 g/mol. The second kappa shape index (κ2) is 7.36. The highest BCUT2D eigenvalue weighted by atomic mass is 16.5. The van der Waals surface area contributed by atoms with Gasteiger partial charge in [0.2, 0.25) is 0 Å². The standard InChI is InChI=1S/C17H21N7O2/c1-10(19-2)15(13-7-20-17(26-3)21-8-13)24-14-5-4-11(16(18)23-25)6-12(14)9-22-24/h4-10,15,19,25H,1-3H3,(H2,18,23)/t10?,15-/m0/s1. The number of benzene rings is 1. The zero-order chi connectivity index (χ0) is 18.7. The van der Waals surface area contributed by atoms with Gasteiger partial charge in [0, 0.05) is 34.9 Å². The van der Waals surface area contributed by atoms with Crippen LogP contribution < -0.4 is 15.8 Å². The van der Waals surface area contributed by atoms with Gasteiger partial charge in [0.1, 0.15) is 0 Å². The Hall–Kier alpha value is -3.20. The average molecular weight is 355 g/mol. The van der Waals surface area contributed by atoms with E-state index in [2.05, 4.69) is 32.5 Å². The highest BCUT2D eigenvalue weighted by Crippen LogP contribution is 2.26. The number of nitrogens with two attached hydrogens (primary N) is 1. The number of nitrogens with one attached hydrogen (secondary N) is 1. The minimum atomic E-state index is -0.127. The van der Waals surface area contributed by atoms with Crippen LogP contribution in [0.5, 0.6) is 6.01 Å². The molecule has 3 rings (SSSR count). The third-order valence-corrected chi connectivity index (χ3v) is 4.36. The minimum Gasteiger partial charge on any atom is -0.467 e. The van der Waals surface area contributed by atoms with Crippen LogP contribution in [0.1, 0.15) is 24.1 Å². The van der Waals surface area contributed by atoms with Crippen molar-refractivity contribution in [3.63, 3.8) is 0 Å². The number of amidine groups is 1. The maximum absolute atomic E-state index is 8.86. The van der Waals surface area contributed by atoms with E-state index in [1.165, 1.54) is 7.11 Å². The summed E-state index contributed by atoms with van der Waals surface area (Å²) in [6.07, 6.45) is 5.23. The quantitative estimate of drug-likeness (QED) is 0.262. The summed E-state index contributed by atoms with van der Waals surface area (Å²) in [4.78, 5) is 8.42. The molecule has 0 radical (unpaired) electrons. The Kier molecular flexibility index (Phi) is 4.99. The van der Waals surface area contributed by atoms with E-state index in [0.717, 1.165) is 16.5 Å². The van der Waals surface area contributed by atoms with Gasteiger partial charge in [0.25, 0.3) is 0 Å². The van der Waals surface area contributed by atoms with Gasteiger partial charge in [-0.05, 0) is 32.2 Å². The summed E-state index contributed by atoms with van der Waals surface area (Å²) in [5.41, 5.74) is 8.12. The van der Waals surface area contributed by atoms with Crippen molar-refractivity contribution in [1.82, 2.24) is 25.1 Å². The van der Waals surface area contributed by atoms with Crippen LogP contribution in [-0.4, -0.2) is 51.0 Å². The Balaban J connectivity index is 2.09. The Morgan fingerprint density at radius 2 is 2.04 bits per heavy atom. The summed E-state index contributed by atoms with van der Waals surface area (Å²) in [5, 5.41) is 20.6. The van der Waals surface area contributed by atoms with E-state index in [0.29, 0.717) is 11.6 Å². The molecule has 26 heavy (non-hydrogen) atoms. The maximum Gasteiger partial charge on any atom is 0.316 e. The second-order valence-electron chi connectivity index (χ2n) is 5.87. The first-order valence-corrected chi connectivity index (χ1v) is 8.07. The molecule has 0 aliphatic carbocycles. The largest absolute Gasteiger partial charge is 0.467 e. The van der Waals surface area contributed by atoms with Crippen LogP contribution in [-0.2, 0) is 0 Å². The van der Waals surface area contributed by atoms with Crippen LogP contribution in [0.2, 0.25) is 0 Å². The Bertz CT molecular complexity index is 921. The van der Waals surface area contributed by atoms with E-state index in [9.17, 15) is 0 Å². The molecule has 0 aliphatic rings. The Labute approximate surface area is 150 Å². The van der Waals surface area contributed by atoms with Gasteiger partial charge < -0.3 is 21.0 Å². The number of methoxy groups -OCH3 is 1. The van der Waals surface area contributed by atoms with E-state index in [4.69, 9.17) is 15.7 Å². The second-order valence-corrected chi connectivity index (χ2v) is 5.87. The fourth-order valence-corrected chi connectivity index (χ4v) is 2.88. The number of aromatic nitrogens is 4. The van der Waals surface area contributed by atoms with Crippen LogP contribution in [0.4, 0.5) is 0 Å². The number of nitrogens with zero attached hydrogens (tertiary/aromatic N) is 5. The lowest BCUT2D eigenvalue weighted by Crippen LogP contribution is -2.34. The number of rotatable bonds is 6. The molecule has 0 saturated carbocycles. The van der Waals surface area contributed by atoms with Gasteiger partial charge in [0.05, 0.1) is 24.9 Å². The van der Waals surface area contributed by atoms with Crippen LogP contribution in [0.25, 0.3) is 10.9 Å². The number of hydrogen-bond acceptors (Lipinski definition) is 7. The van der Waals surface area contributed by atoms with E-state index < -0.39 is 0 Å². The van der Waals surface area contributed by atoms with Crippen LogP contribution in [0, 0.1) is 0 Å². The molecule has 2 heterocycles. The molecule has 0 bridgehead atoms. The number of oxime groups is 1. The molecule has 3 aromatic rings. The van der Waals surface area contributed by atoms with Crippen molar-refractivity contribution in [1.29, 1.82) is 0 Å². The lowest BCUT2D eigenvalue weighted by Gasteiger charge is -2.25. The van der Waals surface area contributed by atoms with Gasteiger partial charge in [-0.15, -0.1) is 0 Å². The molecule has 1 aromatic carbocycles. The predicted molar refractivity (Wildman–Crippen MR) is 97.5 cm³/mol. The third kappa shape index (κ3) is 3.16. The highest BCUT2D eigenvalue weighted by Gasteiger charge is 2.24. The van der Waals surface area contributed by atoms with E-state index >= 15 is 0 Å². The maximum atomic E-state index is 8.86. The summed E-state index contributed by atoms with van der Waals surface area (Å²) in [6, 6.07) is 5.78. The molecule has 2 atom stereocenters. The molecular formula is C17H21N7O2. The topological polar surface area (TPSA) is 123 Å². The lowest BCUT2D eigenvalue weighted by molar-refractivity contribution is 0.318. The van der Waals surface area contributed by atoms with E-state index in [1.54, 1.807) is 24.7 Å². The van der Waals surface area contributed by atoms with Crippen molar-refractivity contribution in [3.8, 4) is 6.01 Å². The molecular weight excluding hydrogens is 334 g/mol. The van der Waals surface area contributed by atoms with Crippen molar-refractivity contribution < 1.29 is 9.94 Å². The lowest BCUT2D eigenvalue weighted by atomic mass is 10.0. The normalized spacial score (nSPS) is 14.3. The number of likely N-dealkylation sites (N-methyl/N-ethyl adjacent to an activating group) is 1. The zero-order valence-electron chi connectivity index (χ0n) is 14.8. The summed E-state index contributed by atoms with van der Waals surface area (Å²) in [6.45, 7) is 2.06. The Morgan fingerprint density at radius 1 is 1.31 bits per heavy atom. The van der Waals surface area contributed by atoms with Crippen molar-refractivity contribution in [2.24, 2.45) is 10.9 Å². The van der Waals surface area contributed by atoms with Gasteiger partial charge in [-0.1, -0.05) is 5.16 Å². The smallest absolute Gasteiger partial charge is 0.316 e. The summed E-state index contributed by atoms with van der Waals surface area (Å²) in [7, 11) is 3.42. The zero-order valence-corrected chi connectivity index (χ0v) is 14.8. The molecule has 136 valence electrons. The third-order valence-electron chi connectivity index (χ3n) is 4.36. The molecule has 1 unspecified atom stereocenters. The molecule has 2 aromatic heterocycles. The molecule has 0 aliphatic heterocycles. The number of fused-ring (bicyclic) bond motifs is 1. The van der Waals surface area contributed by atoms with Gasteiger partial charge in [0.15, 0.2) is 5.84 Å². The van der Waals surface area contributed by atoms with Gasteiger partial charge in [-0.3, -0.25) is 4.68 Å². The SMILES string of the molecule is CNC(C)[C@@H](c1cnc(OC)nc1)n1ncc2cc(/C(N)=N/O)ccc21. The molecule has 9 nitrogen and oxygen atoms in total. The average Bonchev–Trinajstić information content (AvgIpc) is 3.10. The summed E-state index contributed by atoms with van der Waals surface area (Å²) >= 11 is 0. The van der Waals surface area contributed by atoms with Crippen molar-refractivity contribution in [2.75, 3.05) is 14.2 Å². The predicted octanol–water partition coefficient (Wildman–Crippen LogP) is 1.13. The van der Waals surface area contributed by atoms with Crippen LogP contribution in [0.15, 0.2) is 41.9 Å². The molecule has 0 amide bonds. The summed E-state index contributed by atoms with van der Waals surface area (Å²) < 4.78 is 6.95. The van der Waals surface area contributed by atoms with Gasteiger partial charge in [-0.2, -0.15) is 5.10 Å². The fourth-order valence-electron chi connectivity index (χ4n) is 2.88. The van der Waals surface area contributed by atoms with E-state index in [1.807, 2.05) is 23.9 Å². The van der Waals surface area contributed by atoms with E-state index in [-0.39, 0.29) is 17.9 Å². The van der Waals surface area contributed by atoms with Gasteiger partial charge >= 0.3 is 6.01 Å². The molecule has 0 spiro atoms. The van der Waals surface area contributed by atoms with Crippen molar-refractivity contribution >= 4 is 16.7 Å². The first-order valence-electron chi connectivity index (χ1n) is 8.07. The van der Waals surface area contributed by atoms with Crippen LogP contribution >= 0.6 is 0 Å².